The van der Waals surface area contributed by atoms with Crippen LogP contribution < -0.4 is 0 Å². The van der Waals surface area contributed by atoms with Crippen molar-refractivity contribution in [3.63, 3.8) is 0 Å². The van der Waals surface area contributed by atoms with Crippen molar-refractivity contribution in [1.29, 1.82) is 5.26 Å². The van der Waals surface area contributed by atoms with E-state index in [0.29, 0.717) is 17.7 Å². The van der Waals surface area contributed by atoms with Crippen LogP contribution in [0.25, 0.3) is 11.0 Å². The summed E-state index contributed by atoms with van der Waals surface area (Å²) in [5.41, 5.74) is 2.77. The Bertz CT molecular complexity index is 783. The molecule has 0 atom stereocenters. The maximum Gasteiger partial charge on any atom is 0.128 e. The molecule has 0 radical (unpaired) electrons. The Morgan fingerprint density at radius 3 is 2.89 bits per heavy atom. The zero-order chi connectivity index (χ0) is 13.2. The normalized spacial score (nSPS) is 10.5. The zero-order valence-corrected chi connectivity index (χ0v) is 10.0. The van der Waals surface area contributed by atoms with E-state index in [1.807, 2.05) is 34.9 Å². The Morgan fingerprint density at radius 2 is 2.05 bits per heavy atom. The van der Waals surface area contributed by atoms with Crippen LogP contribution in [0.1, 0.15) is 11.1 Å². The van der Waals surface area contributed by atoms with Crippen LogP contribution in [0.5, 0.6) is 0 Å². The molecule has 0 fully saturated rings. The minimum Gasteiger partial charge on any atom is -0.326 e. The van der Waals surface area contributed by atoms with Crippen molar-refractivity contribution in [2.45, 2.75) is 6.54 Å². The predicted molar refractivity (Wildman–Crippen MR) is 70.0 cm³/mol. The molecular formula is C15H10FN3. The SMILES string of the molecule is N#Cc1ccc(F)c(Cn2cnc3ccccc32)c1. The van der Waals surface area contributed by atoms with Gasteiger partial charge in [0.1, 0.15) is 5.82 Å². The van der Waals surface area contributed by atoms with Gasteiger partial charge in [0.05, 0.1) is 35.5 Å². The highest BCUT2D eigenvalue weighted by molar-refractivity contribution is 5.75. The molecule has 3 aromatic rings. The minimum absolute atomic E-state index is 0.309. The lowest BCUT2D eigenvalue weighted by Gasteiger charge is -2.06. The average molecular weight is 251 g/mol. The quantitative estimate of drug-likeness (QED) is 0.702. The van der Waals surface area contributed by atoms with Crippen molar-refractivity contribution in [2.75, 3.05) is 0 Å². The molecule has 3 nitrogen and oxygen atoms in total. The summed E-state index contributed by atoms with van der Waals surface area (Å²) in [7, 11) is 0. The zero-order valence-electron chi connectivity index (χ0n) is 10.0. The molecule has 0 aliphatic rings. The summed E-state index contributed by atoms with van der Waals surface area (Å²) in [5, 5.41) is 8.86. The molecule has 0 spiro atoms. The predicted octanol–water partition coefficient (Wildman–Crippen LogP) is 3.10. The van der Waals surface area contributed by atoms with Gasteiger partial charge in [0.2, 0.25) is 0 Å². The van der Waals surface area contributed by atoms with Crippen molar-refractivity contribution in [3.05, 3.63) is 65.7 Å². The van der Waals surface area contributed by atoms with Crippen LogP contribution in [0.15, 0.2) is 48.8 Å². The highest BCUT2D eigenvalue weighted by Crippen LogP contribution is 2.16. The number of hydrogen-bond donors (Lipinski definition) is 0. The van der Waals surface area contributed by atoms with Gasteiger partial charge in [-0.3, -0.25) is 0 Å². The van der Waals surface area contributed by atoms with Crippen LogP contribution in [-0.2, 0) is 6.54 Å². The van der Waals surface area contributed by atoms with Gasteiger partial charge in [-0.25, -0.2) is 9.37 Å². The van der Waals surface area contributed by atoms with Crippen LogP contribution >= 0.6 is 0 Å². The topological polar surface area (TPSA) is 41.6 Å². The maximum absolute atomic E-state index is 13.8. The monoisotopic (exact) mass is 251 g/mol. The molecule has 1 heterocycles. The van der Waals surface area contributed by atoms with Crippen molar-refractivity contribution >= 4 is 11.0 Å². The number of benzene rings is 2. The molecule has 0 N–H and O–H groups in total. The van der Waals surface area contributed by atoms with E-state index >= 15 is 0 Å². The Morgan fingerprint density at radius 1 is 1.21 bits per heavy atom. The van der Waals surface area contributed by atoms with Crippen molar-refractivity contribution in [1.82, 2.24) is 9.55 Å². The number of fused-ring (bicyclic) bond motifs is 1. The lowest BCUT2D eigenvalue weighted by Crippen LogP contribution is -2.01. The molecule has 0 saturated heterocycles. The van der Waals surface area contributed by atoms with Gasteiger partial charge in [-0.1, -0.05) is 12.1 Å². The van der Waals surface area contributed by atoms with E-state index in [2.05, 4.69) is 4.98 Å². The number of aromatic nitrogens is 2. The number of imidazole rings is 1. The maximum atomic E-state index is 13.8. The van der Waals surface area contributed by atoms with E-state index in [1.54, 1.807) is 12.4 Å². The Labute approximate surface area is 109 Å². The summed E-state index contributed by atoms with van der Waals surface area (Å²) in [6.45, 7) is 0.363. The molecule has 1 aromatic heterocycles. The number of nitriles is 1. The fourth-order valence-electron chi connectivity index (χ4n) is 2.09. The summed E-state index contributed by atoms with van der Waals surface area (Å²) >= 11 is 0. The first-order valence-corrected chi connectivity index (χ1v) is 5.86. The van der Waals surface area contributed by atoms with Crippen LogP contribution in [0, 0.1) is 17.1 Å². The first-order valence-electron chi connectivity index (χ1n) is 5.86. The largest absolute Gasteiger partial charge is 0.326 e. The second kappa shape index (κ2) is 4.54. The third-order valence-electron chi connectivity index (χ3n) is 3.04. The summed E-state index contributed by atoms with van der Waals surface area (Å²) < 4.78 is 15.6. The number of rotatable bonds is 2. The van der Waals surface area contributed by atoms with E-state index in [0.717, 1.165) is 11.0 Å². The molecule has 0 unspecified atom stereocenters. The van der Waals surface area contributed by atoms with E-state index in [9.17, 15) is 4.39 Å². The Hall–Kier alpha value is -2.67. The van der Waals surface area contributed by atoms with E-state index < -0.39 is 0 Å². The molecule has 0 amide bonds. The van der Waals surface area contributed by atoms with E-state index in [4.69, 9.17) is 5.26 Å². The van der Waals surface area contributed by atoms with Crippen molar-refractivity contribution in [2.24, 2.45) is 0 Å². The van der Waals surface area contributed by atoms with Gasteiger partial charge in [-0.2, -0.15) is 5.26 Å². The second-order valence-electron chi connectivity index (χ2n) is 4.28. The van der Waals surface area contributed by atoms with Gasteiger partial charge in [0, 0.05) is 5.56 Å². The molecule has 2 aromatic carbocycles. The second-order valence-corrected chi connectivity index (χ2v) is 4.28. The van der Waals surface area contributed by atoms with E-state index in [1.165, 1.54) is 12.1 Å². The molecule has 3 rings (SSSR count). The Balaban J connectivity index is 2.04. The summed E-state index contributed by atoms with van der Waals surface area (Å²) in [4.78, 5) is 4.26. The molecule has 0 saturated carbocycles. The van der Waals surface area contributed by atoms with Crippen molar-refractivity contribution in [3.8, 4) is 6.07 Å². The highest BCUT2D eigenvalue weighted by Gasteiger charge is 2.07. The van der Waals surface area contributed by atoms with Gasteiger partial charge in [0.15, 0.2) is 0 Å². The molecule has 4 heteroatoms. The molecule has 0 bridgehead atoms. The van der Waals surface area contributed by atoms with Gasteiger partial charge in [0.25, 0.3) is 0 Å². The molecule has 92 valence electrons. The molecule has 0 aliphatic heterocycles. The lowest BCUT2D eigenvalue weighted by molar-refractivity contribution is 0.601. The van der Waals surface area contributed by atoms with Crippen molar-refractivity contribution < 1.29 is 4.39 Å². The van der Waals surface area contributed by atoms with E-state index in [-0.39, 0.29) is 5.82 Å². The first-order chi connectivity index (χ1) is 9.28. The van der Waals surface area contributed by atoms with Crippen LogP contribution in [-0.4, -0.2) is 9.55 Å². The number of para-hydroxylation sites is 2. The van der Waals surface area contributed by atoms with Crippen LogP contribution in [0.3, 0.4) is 0 Å². The first kappa shape index (κ1) is 11.4. The van der Waals surface area contributed by atoms with Gasteiger partial charge in [-0.05, 0) is 30.3 Å². The minimum atomic E-state index is -0.309. The number of nitrogens with zero attached hydrogens (tertiary/aromatic N) is 3. The Kier molecular flexibility index (Phi) is 2.73. The lowest BCUT2D eigenvalue weighted by atomic mass is 10.1. The van der Waals surface area contributed by atoms with Gasteiger partial charge < -0.3 is 4.57 Å². The van der Waals surface area contributed by atoms with Crippen LogP contribution in [0.2, 0.25) is 0 Å². The van der Waals surface area contributed by atoms with Gasteiger partial charge >= 0.3 is 0 Å². The third kappa shape index (κ3) is 2.06. The molecular weight excluding hydrogens is 241 g/mol. The van der Waals surface area contributed by atoms with Crippen LogP contribution in [0.4, 0.5) is 4.39 Å². The number of hydrogen-bond acceptors (Lipinski definition) is 2. The summed E-state index contributed by atoms with van der Waals surface area (Å²) in [6, 6.07) is 14.1. The summed E-state index contributed by atoms with van der Waals surface area (Å²) in [5.74, 6) is -0.309. The third-order valence-corrected chi connectivity index (χ3v) is 3.04. The molecule has 19 heavy (non-hydrogen) atoms. The smallest absolute Gasteiger partial charge is 0.128 e. The molecule has 0 aliphatic carbocycles. The fraction of sp³-hybridized carbons (Fsp3) is 0.0667. The van der Waals surface area contributed by atoms with Gasteiger partial charge in [-0.15, -0.1) is 0 Å². The fourth-order valence-corrected chi connectivity index (χ4v) is 2.09. The average Bonchev–Trinajstić information content (AvgIpc) is 2.85. The standard InChI is InChI=1S/C15H10FN3/c16-13-6-5-11(8-17)7-12(13)9-19-10-18-14-3-1-2-4-15(14)19/h1-7,10H,9H2. The highest BCUT2D eigenvalue weighted by atomic mass is 19.1. The number of halogens is 1. The summed E-state index contributed by atoms with van der Waals surface area (Å²) in [6.07, 6.45) is 1.68.